The summed E-state index contributed by atoms with van der Waals surface area (Å²) >= 11 is 11.1. The molecule has 0 amide bonds. The maximum Gasteiger partial charge on any atom is 0.129 e. The van der Waals surface area contributed by atoms with E-state index < -0.39 is 0 Å². The Bertz CT molecular complexity index is 586. The molecule has 0 aliphatic heterocycles. The van der Waals surface area contributed by atoms with Gasteiger partial charge >= 0.3 is 0 Å². The molecule has 0 N–H and O–H groups in total. The summed E-state index contributed by atoms with van der Waals surface area (Å²) in [4.78, 5) is 2.26. The Labute approximate surface area is 130 Å². The maximum atomic E-state index is 13.9. The third kappa shape index (κ3) is 3.39. The van der Waals surface area contributed by atoms with Crippen LogP contribution in [0.1, 0.15) is 40.9 Å². The van der Waals surface area contributed by atoms with Crippen molar-refractivity contribution in [2.45, 2.75) is 31.0 Å². The summed E-state index contributed by atoms with van der Waals surface area (Å²) in [6.07, 6.45) is 0. The van der Waals surface area contributed by atoms with Crippen molar-refractivity contribution in [2.24, 2.45) is 0 Å². The van der Waals surface area contributed by atoms with Crippen LogP contribution in [0.4, 0.5) is 4.39 Å². The predicted octanol–water partition coefficient (Wildman–Crippen LogP) is 6.32. The van der Waals surface area contributed by atoms with E-state index >= 15 is 0 Å². The molecule has 0 radical (unpaired) electrons. The van der Waals surface area contributed by atoms with E-state index in [1.807, 2.05) is 0 Å². The first kappa shape index (κ1) is 15.0. The minimum Gasteiger partial charge on any atom is -0.207 e. The van der Waals surface area contributed by atoms with Crippen molar-refractivity contribution >= 4 is 38.9 Å². The number of halogens is 3. The van der Waals surface area contributed by atoms with Crippen LogP contribution in [-0.2, 0) is 5.41 Å². The molecule has 0 spiro atoms. The number of hydrogen-bond acceptors (Lipinski definition) is 1. The van der Waals surface area contributed by atoms with E-state index in [9.17, 15) is 4.39 Å². The molecule has 4 heteroatoms. The number of rotatable bonds is 2. The lowest BCUT2D eigenvalue weighted by atomic mass is 9.95. The van der Waals surface area contributed by atoms with Gasteiger partial charge in [0.25, 0.3) is 0 Å². The van der Waals surface area contributed by atoms with Crippen molar-refractivity contribution in [3.05, 3.63) is 56.5 Å². The molecule has 1 unspecified atom stereocenters. The first-order chi connectivity index (χ1) is 8.79. The minimum atomic E-state index is -0.278. The average molecular weight is 362 g/mol. The van der Waals surface area contributed by atoms with Gasteiger partial charge in [-0.3, -0.25) is 0 Å². The van der Waals surface area contributed by atoms with Crippen LogP contribution in [0.5, 0.6) is 0 Å². The topological polar surface area (TPSA) is 0 Å². The van der Waals surface area contributed by atoms with Gasteiger partial charge in [0.1, 0.15) is 5.82 Å². The highest BCUT2D eigenvalue weighted by atomic mass is 79.9. The monoisotopic (exact) mass is 360 g/mol. The van der Waals surface area contributed by atoms with Crippen LogP contribution >= 0.6 is 38.9 Å². The molecule has 0 saturated carbocycles. The zero-order chi connectivity index (χ0) is 14.2. The largest absolute Gasteiger partial charge is 0.207 e. The third-order valence-electron chi connectivity index (χ3n) is 2.85. The molecule has 0 fully saturated rings. The molecule has 0 bridgehead atoms. The third-order valence-corrected chi connectivity index (χ3v) is 5.95. The van der Waals surface area contributed by atoms with E-state index in [0.717, 1.165) is 4.88 Å². The molecule has 1 aromatic carbocycles. The minimum absolute atomic E-state index is 0.119. The van der Waals surface area contributed by atoms with E-state index in [4.69, 9.17) is 11.6 Å². The molecule has 19 heavy (non-hydrogen) atoms. The lowest BCUT2D eigenvalue weighted by molar-refractivity contribution is 0.604. The summed E-state index contributed by atoms with van der Waals surface area (Å²) in [6, 6.07) is 8.96. The molecule has 0 aliphatic rings. The number of benzene rings is 1. The molecule has 102 valence electrons. The summed E-state index contributed by atoms with van der Waals surface area (Å²) in [5.41, 5.74) is 0.737. The second-order valence-corrected chi connectivity index (χ2v) is 7.95. The Morgan fingerprint density at radius 1 is 1.21 bits per heavy atom. The molecule has 2 aromatic rings. The predicted molar refractivity (Wildman–Crippen MR) is 85.2 cm³/mol. The molecule has 0 aliphatic carbocycles. The zero-order valence-corrected chi connectivity index (χ0v) is 14.2. The molecular formula is C15H15BrClFS. The molecule has 0 saturated heterocycles. The van der Waals surface area contributed by atoms with Crippen molar-refractivity contribution in [1.82, 2.24) is 0 Å². The number of thiophene rings is 1. The molecule has 2 rings (SSSR count). The van der Waals surface area contributed by atoms with Crippen LogP contribution in [-0.4, -0.2) is 0 Å². The molecular weight excluding hydrogens is 347 g/mol. The number of hydrogen-bond donors (Lipinski definition) is 0. The molecule has 0 nitrogen and oxygen atoms in total. The van der Waals surface area contributed by atoms with Crippen LogP contribution in [0.25, 0.3) is 0 Å². The van der Waals surface area contributed by atoms with Crippen molar-refractivity contribution in [3.8, 4) is 0 Å². The highest BCUT2D eigenvalue weighted by Gasteiger charge is 2.21. The first-order valence-electron chi connectivity index (χ1n) is 5.98. The van der Waals surface area contributed by atoms with E-state index in [0.29, 0.717) is 10.6 Å². The van der Waals surface area contributed by atoms with Gasteiger partial charge in [0.05, 0.1) is 4.83 Å². The fourth-order valence-electron chi connectivity index (χ4n) is 1.75. The van der Waals surface area contributed by atoms with E-state index in [1.54, 1.807) is 23.5 Å². The Morgan fingerprint density at radius 2 is 1.89 bits per heavy atom. The van der Waals surface area contributed by atoms with Gasteiger partial charge in [-0.2, -0.15) is 0 Å². The SMILES string of the molecule is CC(C)(C)c1ccc(C(Br)c2ccc(Cl)cc2F)s1. The van der Waals surface area contributed by atoms with Gasteiger partial charge < -0.3 is 0 Å². The van der Waals surface area contributed by atoms with Crippen molar-refractivity contribution in [2.75, 3.05) is 0 Å². The van der Waals surface area contributed by atoms with Crippen LogP contribution in [0.15, 0.2) is 30.3 Å². The Balaban J connectivity index is 2.34. The Hall–Kier alpha value is -0.380. The van der Waals surface area contributed by atoms with Crippen molar-refractivity contribution < 1.29 is 4.39 Å². The van der Waals surface area contributed by atoms with E-state index in [2.05, 4.69) is 48.8 Å². The first-order valence-corrected chi connectivity index (χ1v) is 8.09. The molecule has 1 atom stereocenters. The van der Waals surface area contributed by atoms with Gasteiger partial charge in [-0.25, -0.2) is 4.39 Å². The van der Waals surface area contributed by atoms with Crippen molar-refractivity contribution in [1.29, 1.82) is 0 Å². The molecule has 1 heterocycles. The lowest BCUT2D eigenvalue weighted by Crippen LogP contribution is -2.07. The van der Waals surface area contributed by atoms with Gasteiger partial charge in [0.15, 0.2) is 0 Å². The van der Waals surface area contributed by atoms with Gasteiger partial charge in [-0.05, 0) is 29.7 Å². The smallest absolute Gasteiger partial charge is 0.129 e. The highest BCUT2D eigenvalue weighted by molar-refractivity contribution is 9.09. The average Bonchev–Trinajstić information content (AvgIpc) is 2.76. The summed E-state index contributed by atoms with van der Waals surface area (Å²) in [6.45, 7) is 6.53. The van der Waals surface area contributed by atoms with Crippen LogP contribution < -0.4 is 0 Å². The summed E-state index contributed by atoms with van der Waals surface area (Å²) in [7, 11) is 0. The van der Waals surface area contributed by atoms with E-state index in [1.165, 1.54) is 10.9 Å². The fraction of sp³-hybridized carbons (Fsp3) is 0.333. The standard InChI is InChI=1S/C15H15BrClFS/c1-15(2,3)13-7-6-12(19-13)14(16)10-5-4-9(17)8-11(10)18/h4-8,14H,1-3H3. The highest BCUT2D eigenvalue weighted by Crippen LogP contribution is 2.39. The quantitative estimate of drug-likeness (QED) is 0.549. The Kier molecular flexibility index (Phi) is 4.38. The number of alkyl halides is 1. The summed E-state index contributed by atoms with van der Waals surface area (Å²) in [5.74, 6) is -0.278. The lowest BCUT2D eigenvalue weighted by Gasteiger charge is -2.16. The zero-order valence-electron chi connectivity index (χ0n) is 11.0. The fourth-order valence-corrected chi connectivity index (χ4v) is 3.78. The van der Waals surface area contributed by atoms with Gasteiger partial charge in [0.2, 0.25) is 0 Å². The van der Waals surface area contributed by atoms with Gasteiger partial charge in [-0.15, -0.1) is 11.3 Å². The van der Waals surface area contributed by atoms with Crippen LogP contribution in [0.2, 0.25) is 5.02 Å². The normalized spacial score (nSPS) is 13.6. The van der Waals surface area contributed by atoms with Crippen LogP contribution in [0.3, 0.4) is 0 Å². The second kappa shape index (κ2) is 5.55. The summed E-state index contributed by atoms with van der Waals surface area (Å²) < 4.78 is 13.9. The molecule has 1 aromatic heterocycles. The van der Waals surface area contributed by atoms with Gasteiger partial charge in [0, 0.05) is 20.3 Å². The van der Waals surface area contributed by atoms with Crippen LogP contribution in [0, 0.1) is 5.82 Å². The Morgan fingerprint density at radius 3 is 2.42 bits per heavy atom. The second-order valence-electron chi connectivity index (χ2n) is 5.48. The summed E-state index contributed by atoms with van der Waals surface area (Å²) in [5, 5.41) is 0.419. The van der Waals surface area contributed by atoms with Gasteiger partial charge in [-0.1, -0.05) is 54.4 Å². The van der Waals surface area contributed by atoms with E-state index in [-0.39, 0.29) is 16.1 Å². The maximum absolute atomic E-state index is 13.9. The van der Waals surface area contributed by atoms with Crippen molar-refractivity contribution in [3.63, 3.8) is 0 Å².